The van der Waals surface area contributed by atoms with Crippen molar-refractivity contribution in [2.45, 2.75) is 37.7 Å². The Morgan fingerprint density at radius 1 is 1.17 bits per heavy atom. The molecule has 1 aromatic rings. The maximum atomic E-state index is 12.3. The van der Waals surface area contributed by atoms with Crippen molar-refractivity contribution in [2.24, 2.45) is 0 Å². The van der Waals surface area contributed by atoms with Gasteiger partial charge in [-0.3, -0.25) is 4.79 Å². The molecule has 0 saturated carbocycles. The lowest BCUT2D eigenvalue weighted by molar-refractivity contribution is -0.114. The molecule has 0 spiro atoms. The summed E-state index contributed by atoms with van der Waals surface area (Å²) in [4.78, 5) is 30.0. The zero-order chi connectivity index (χ0) is 21.6. The minimum atomic E-state index is -0.503. The predicted molar refractivity (Wildman–Crippen MR) is 122 cm³/mol. The van der Waals surface area contributed by atoms with Gasteiger partial charge >= 0.3 is 6.09 Å². The van der Waals surface area contributed by atoms with Gasteiger partial charge in [0, 0.05) is 54.2 Å². The van der Waals surface area contributed by atoms with E-state index in [0.29, 0.717) is 42.7 Å². The number of ether oxygens (including phenoxy) is 1. The minimum Gasteiger partial charge on any atom is -0.444 e. The summed E-state index contributed by atoms with van der Waals surface area (Å²) in [5.41, 5.74) is 2.05. The number of allylic oxidation sites excluding steroid dienone is 3. The number of piperazine rings is 1. The van der Waals surface area contributed by atoms with Crippen molar-refractivity contribution >= 4 is 58.2 Å². The fraction of sp³-hybridized carbons (Fsp3) is 0.429. The molecule has 9 heteroatoms. The summed E-state index contributed by atoms with van der Waals surface area (Å²) in [6.45, 7) is 8.14. The van der Waals surface area contributed by atoms with Crippen LogP contribution in [0.4, 0.5) is 16.2 Å². The van der Waals surface area contributed by atoms with Gasteiger partial charge in [-0.2, -0.15) is 0 Å². The van der Waals surface area contributed by atoms with E-state index in [1.807, 2.05) is 26.8 Å². The number of hydrogen-bond acceptors (Lipinski definition) is 6. The molecule has 0 aromatic heterocycles. The molecule has 1 amide bonds. The number of rotatable bonds is 1. The second kappa shape index (κ2) is 8.02. The van der Waals surface area contributed by atoms with Gasteiger partial charge in [0.15, 0.2) is 5.78 Å². The molecule has 4 rings (SSSR count). The van der Waals surface area contributed by atoms with Crippen molar-refractivity contribution < 1.29 is 14.3 Å². The molecule has 160 valence electrons. The Kier molecular flexibility index (Phi) is 5.72. The van der Waals surface area contributed by atoms with Crippen molar-refractivity contribution in [1.29, 1.82) is 0 Å². The molecule has 6 nitrogen and oxygen atoms in total. The van der Waals surface area contributed by atoms with Crippen LogP contribution in [0.1, 0.15) is 27.2 Å². The molecular weight excluding hydrogens is 445 g/mol. The van der Waals surface area contributed by atoms with Crippen LogP contribution in [0.2, 0.25) is 5.02 Å². The van der Waals surface area contributed by atoms with Crippen molar-refractivity contribution in [1.82, 2.24) is 4.90 Å². The Bertz CT molecular complexity index is 976. The summed E-state index contributed by atoms with van der Waals surface area (Å²) in [7, 11) is 0. The first kappa shape index (κ1) is 21.4. The number of carbonyl (C=O) groups is 2. The van der Waals surface area contributed by atoms with E-state index in [9.17, 15) is 9.59 Å². The Morgan fingerprint density at radius 3 is 2.53 bits per heavy atom. The largest absolute Gasteiger partial charge is 0.444 e. The van der Waals surface area contributed by atoms with Crippen LogP contribution in [0.15, 0.2) is 38.7 Å². The summed E-state index contributed by atoms with van der Waals surface area (Å²) in [6.07, 6.45) is 1.50. The Morgan fingerprint density at radius 2 is 1.87 bits per heavy atom. The number of halogens is 2. The summed E-state index contributed by atoms with van der Waals surface area (Å²) in [5, 5.41) is 4.31. The molecule has 1 saturated heterocycles. The van der Waals surface area contributed by atoms with Gasteiger partial charge in [0.1, 0.15) is 5.60 Å². The van der Waals surface area contributed by atoms with E-state index in [0.717, 1.165) is 26.9 Å². The molecule has 0 radical (unpaired) electrons. The first-order valence-corrected chi connectivity index (χ1v) is 11.3. The molecule has 2 heterocycles. The number of benzene rings is 1. The van der Waals surface area contributed by atoms with Gasteiger partial charge in [-0.1, -0.05) is 35.0 Å². The Balaban J connectivity index is 1.48. The Hall–Kier alpha value is -1.83. The molecule has 3 aliphatic rings. The van der Waals surface area contributed by atoms with Crippen LogP contribution < -0.4 is 10.2 Å². The van der Waals surface area contributed by atoms with Crippen molar-refractivity contribution in [3.8, 4) is 0 Å². The molecule has 1 aromatic carbocycles. The second-order valence-corrected chi connectivity index (χ2v) is 10.4. The maximum Gasteiger partial charge on any atom is 0.410 e. The number of amides is 1. The lowest BCUT2D eigenvalue weighted by Gasteiger charge is -2.37. The van der Waals surface area contributed by atoms with Crippen molar-refractivity contribution in [3.05, 3.63) is 38.9 Å². The summed E-state index contributed by atoms with van der Waals surface area (Å²) in [5.74, 6) is -0.00276. The normalized spacial score (nSPS) is 19.1. The number of ketones is 1. The number of carbonyl (C=O) groups excluding carboxylic acids is 2. The van der Waals surface area contributed by atoms with Crippen molar-refractivity contribution in [2.75, 3.05) is 36.4 Å². The zero-order valence-corrected chi connectivity index (χ0v) is 19.4. The second-order valence-electron chi connectivity index (χ2n) is 8.42. The van der Waals surface area contributed by atoms with E-state index in [1.165, 1.54) is 17.8 Å². The number of anilines is 2. The highest BCUT2D eigenvalue weighted by Crippen LogP contribution is 2.49. The fourth-order valence-corrected chi connectivity index (χ4v) is 5.39. The van der Waals surface area contributed by atoms with E-state index in [2.05, 4.69) is 16.3 Å². The topological polar surface area (TPSA) is 61.9 Å². The number of fused-ring (bicyclic) bond motifs is 1. The average molecular weight is 468 g/mol. The SMILES string of the molecule is CC(C)(C)OC(=O)N1CCN(c2cc(Cl)c3c(c2)SC2=C(N3)C(Cl)=CC(=O)C2)CC1. The van der Waals surface area contributed by atoms with E-state index in [1.54, 1.807) is 4.90 Å². The highest BCUT2D eigenvalue weighted by Gasteiger charge is 2.30. The van der Waals surface area contributed by atoms with Gasteiger partial charge in [0.05, 0.1) is 21.4 Å². The minimum absolute atomic E-state index is 0.00276. The maximum absolute atomic E-state index is 12.3. The van der Waals surface area contributed by atoms with E-state index in [4.69, 9.17) is 27.9 Å². The lowest BCUT2D eigenvalue weighted by atomic mass is 10.1. The molecule has 30 heavy (non-hydrogen) atoms. The first-order valence-electron chi connectivity index (χ1n) is 9.75. The molecule has 0 unspecified atom stereocenters. The van der Waals surface area contributed by atoms with E-state index >= 15 is 0 Å². The predicted octanol–water partition coefficient (Wildman–Crippen LogP) is 5.22. The highest BCUT2D eigenvalue weighted by molar-refractivity contribution is 8.03. The standard InChI is InChI=1S/C21H23Cl2N3O3S/c1-21(2,3)29-20(28)26-6-4-25(5-7-26)12-8-14(22)18-16(9-12)30-17-11-13(27)10-15(23)19(17)24-18/h8-10,24H,4-7,11H2,1-3H3. The third kappa shape index (κ3) is 4.43. The highest BCUT2D eigenvalue weighted by atomic mass is 35.5. The Labute approximate surface area is 190 Å². The van der Waals surface area contributed by atoms with Crippen LogP contribution in [0, 0.1) is 0 Å². The van der Waals surface area contributed by atoms with E-state index < -0.39 is 5.60 Å². The lowest BCUT2D eigenvalue weighted by Crippen LogP contribution is -2.50. The van der Waals surface area contributed by atoms with Gasteiger partial charge in [-0.25, -0.2) is 4.79 Å². The van der Waals surface area contributed by atoms with E-state index in [-0.39, 0.29) is 11.9 Å². The van der Waals surface area contributed by atoms with Crippen LogP contribution >= 0.6 is 35.0 Å². The van der Waals surface area contributed by atoms with Gasteiger partial charge in [0.2, 0.25) is 0 Å². The van der Waals surface area contributed by atoms with Crippen LogP contribution in [0.5, 0.6) is 0 Å². The van der Waals surface area contributed by atoms with Gasteiger partial charge < -0.3 is 19.9 Å². The summed E-state index contributed by atoms with van der Waals surface area (Å²) in [6, 6.07) is 4.00. The first-order chi connectivity index (χ1) is 14.1. The third-order valence-corrected chi connectivity index (χ3v) is 6.69. The number of hydrogen-bond donors (Lipinski definition) is 1. The quantitative estimate of drug-likeness (QED) is 0.610. The van der Waals surface area contributed by atoms with Gasteiger partial charge in [-0.15, -0.1) is 0 Å². The monoisotopic (exact) mass is 467 g/mol. The zero-order valence-electron chi connectivity index (χ0n) is 17.1. The third-order valence-electron chi connectivity index (χ3n) is 4.96. The van der Waals surface area contributed by atoms with Gasteiger partial charge in [0.25, 0.3) is 0 Å². The molecule has 1 aliphatic carbocycles. The molecule has 1 N–H and O–H groups in total. The molecular formula is C21H23Cl2N3O3S. The van der Waals surface area contributed by atoms with Crippen LogP contribution in [-0.4, -0.2) is 48.6 Å². The summed E-state index contributed by atoms with van der Waals surface area (Å²) < 4.78 is 5.47. The van der Waals surface area contributed by atoms with Crippen LogP contribution in [0.3, 0.4) is 0 Å². The van der Waals surface area contributed by atoms with Gasteiger partial charge in [-0.05, 0) is 32.9 Å². The van der Waals surface area contributed by atoms with Crippen LogP contribution in [0.25, 0.3) is 0 Å². The smallest absolute Gasteiger partial charge is 0.410 e. The molecule has 1 fully saturated rings. The average Bonchev–Trinajstić information content (AvgIpc) is 2.65. The molecule has 0 bridgehead atoms. The van der Waals surface area contributed by atoms with Crippen molar-refractivity contribution in [3.63, 3.8) is 0 Å². The van der Waals surface area contributed by atoms with Crippen LogP contribution in [-0.2, 0) is 9.53 Å². The molecule has 2 aliphatic heterocycles. The number of nitrogens with one attached hydrogen (secondary N) is 1. The summed E-state index contributed by atoms with van der Waals surface area (Å²) >= 11 is 14.4. The molecule has 0 atom stereocenters. The fourth-order valence-electron chi connectivity index (χ4n) is 3.54. The number of thioether (sulfide) groups is 1. The number of nitrogens with zero attached hydrogens (tertiary/aromatic N) is 2.